The van der Waals surface area contributed by atoms with Crippen LogP contribution in [0.5, 0.6) is 0 Å². The van der Waals surface area contributed by atoms with Gasteiger partial charge in [-0.25, -0.2) is 0 Å². The van der Waals surface area contributed by atoms with Crippen molar-refractivity contribution in [3.8, 4) is 33.4 Å². The zero-order chi connectivity index (χ0) is 23.5. The smallest absolute Gasteiger partial charge is 0.0463 e. The SMILES string of the molecule is c1ccc(-c2cc(-c3ccc(Nc4ccccc4-c4ccccc4)cc3)c3ccccc3c2)cc1. The van der Waals surface area contributed by atoms with Crippen molar-refractivity contribution in [1.29, 1.82) is 0 Å². The third kappa shape index (κ3) is 4.32. The highest BCUT2D eigenvalue weighted by molar-refractivity contribution is 6.00. The average Bonchev–Trinajstić information content (AvgIpc) is 2.94. The van der Waals surface area contributed by atoms with Crippen molar-refractivity contribution in [2.45, 2.75) is 0 Å². The maximum Gasteiger partial charge on any atom is 0.0463 e. The Kier molecular flexibility index (Phi) is 5.58. The fourth-order valence-corrected chi connectivity index (χ4v) is 4.70. The molecule has 6 aromatic rings. The minimum absolute atomic E-state index is 1.07. The molecule has 0 amide bonds. The predicted octanol–water partition coefficient (Wildman–Crippen LogP) is 9.58. The molecule has 0 aliphatic rings. The van der Waals surface area contributed by atoms with Crippen LogP contribution in [0, 0.1) is 0 Å². The summed E-state index contributed by atoms with van der Waals surface area (Å²) in [5, 5.41) is 6.14. The lowest BCUT2D eigenvalue weighted by molar-refractivity contribution is 1.53. The first kappa shape index (κ1) is 20.9. The lowest BCUT2D eigenvalue weighted by atomic mass is 9.93. The summed E-state index contributed by atoms with van der Waals surface area (Å²) in [6, 6.07) is 51.5. The van der Waals surface area contributed by atoms with Gasteiger partial charge < -0.3 is 5.32 Å². The topological polar surface area (TPSA) is 12.0 Å². The molecule has 0 unspecified atom stereocenters. The fraction of sp³-hybridized carbons (Fsp3) is 0. The molecule has 0 radical (unpaired) electrons. The van der Waals surface area contributed by atoms with Crippen LogP contribution in [0.1, 0.15) is 0 Å². The van der Waals surface area contributed by atoms with Crippen molar-refractivity contribution in [2.24, 2.45) is 0 Å². The van der Waals surface area contributed by atoms with E-state index in [9.17, 15) is 0 Å². The molecule has 0 fully saturated rings. The van der Waals surface area contributed by atoms with Crippen LogP contribution in [0.2, 0.25) is 0 Å². The molecule has 0 heterocycles. The van der Waals surface area contributed by atoms with Crippen molar-refractivity contribution in [3.63, 3.8) is 0 Å². The molecule has 35 heavy (non-hydrogen) atoms. The van der Waals surface area contributed by atoms with Gasteiger partial charge in [-0.15, -0.1) is 0 Å². The first-order valence-corrected chi connectivity index (χ1v) is 12.0. The zero-order valence-electron chi connectivity index (χ0n) is 19.4. The number of nitrogens with one attached hydrogen (secondary N) is 1. The third-order valence-electron chi connectivity index (χ3n) is 6.46. The van der Waals surface area contributed by atoms with E-state index in [2.05, 4.69) is 151 Å². The second kappa shape index (κ2) is 9.32. The molecule has 0 saturated heterocycles. The van der Waals surface area contributed by atoms with Gasteiger partial charge in [-0.1, -0.05) is 115 Å². The van der Waals surface area contributed by atoms with E-state index in [0.717, 1.165) is 11.4 Å². The molecule has 166 valence electrons. The minimum atomic E-state index is 1.07. The highest BCUT2D eigenvalue weighted by Gasteiger charge is 2.09. The van der Waals surface area contributed by atoms with E-state index in [1.165, 1.54) is 44.2 Å². The van der Waals surface area contributed by atoms with E-state index < -0.39 is 0 Å². The Morgan fingerprint density at radius 3 is 1.74 bits per heavy atom. The first-order chi connectivity index (χ1) is 17.3. The molecule has 1 nitrogen and oxygen atoms in total. The Balaban J connectivity index is 1.37. The summed E-state index contributed by atoms with van der Waals surface area (Å²) in [6.07, 6.45) is 0. The van der Waals surface area contributed by atoms with E-state index in [0.29, 0.717) is 0 Å². The molecule has 6 rings (SSSR count). The highest BCUT2D eigenvalue weighted by Crippen LogP contribution is 2.35. The number of hydrogen-bond donors (Lipinski definition) is 1. The van der Waals surface area contributed by atoms with Crippen LogP contribution in [0.25, 0.3) is 44.2 Å². The van der Waals surface area contributed by atoms with E-state index in [-0.39, 0.29) is 0 Å². The Hall–Kier alpha value is -4.62. The standard InChI is InChI=1S/C34H25N/c1-3-11-25(12-4-1)29-23-28-15-7-8-16-31(28)33(24-29)27-19-21-30(22-20-27)35-34-18-10-9-17-32(34)26-13-5-2-6-14-26/h1-24,35H. The van der Waals surface area contributed by atoms with Crippen molar-refractivity contribution in [3.05, 3.63) is 146 Å². The van der Waals surface area contributed by atoms with Gasteiger partial charge in [0.1, 0.15) is 0 Å². The Morgan fingerprint density at radius 2 is 0.971 bits per heavy atom. The summed E-state index contributed by atoms with van der Waals surface area (Å²) in [5.74, 6) is 0. The molecule has 0 atom stereocenters. The number of benzene rings is 6. The second-order valence-corrected chi connectivity index (χ2v) is 8.72. The van der Waals surface area contributed by atoms with Gasteiger partial charge in [-0.2, -0.15) is 0 Å². The van der Waals surface area contributed by atoms with Gasteiger partial charge in [0.25, 0.3) is 0 Å². The van der Waals surface area contributed by atoms with Crippen molar-refractivity contribution < 1.29 is 0 Å². The van der Waals surface area contributed by atoms with Crippen molar-refractivity contribution >= 4 is 22.1 Å². The molecule has 0 aliphatic heterocycles. The van der Waals surface area contributed by atoms with Gasteiger partial charge in [0.2, 0.25) is 0 Å². The van der Waals surface area contributed by atoms with E-state index in [1.807, 2.05) is 0 Å². The van der Waals surface area contributed by atoms with Gasteiger partial charge in [0.15, 0.2) is 0 Å². The second-order valence-electron chi connectivity index (χ2n) is 8.72. The Morgan fingerprint density at radius 1 is 0.371 bits per heavy atom. The summed E-state index contributed by atoms with van der Waals surface area (Å²) < 4.78 is 0. The summed E-state index contributed by atoms with van der Waals surface area (Å²) in [6.45, 7) is 0. The first-order valence-electron chi connectivity index (χ1n) is 12.0. The van der Waals surface area contributed by atoms with Crippen LogP contribution in [0.15, 0.2) is 146 Å². The summed E-state index contributed by atoms with van der Waals surface area (Å²) in [4.78, 5) is 0. The lowest BCUT2D eigenvalue weighted by Crippen LogP contribution is -1.93. The summed E-state index contributed by atoms with van der Waals surface area (Å²) in [5.41, 5.74) is 9.49. The molecule has 0 aliphatic carbocycles. The van der Waals surface area contributed by atoms with Crippen LogP contribution < -0.4 is 5.32 Å². The molecular weight excluding hydrogens is 422 g/mol. The molecular formula is C34H25N. The third-order valence-corrected chi connectivity index (χ3v) is 6.46. The molecule has 6 aromatic carbocycles. The van der Waals surface area contributed by atoms with E-state index in [4.69, 9.17) is 0 Å². The van der Waals surface area contributed by atoms with Crippen LogP contribution >= 0.6 is 0 Å². The van der Waals surface area contributed by atoms with Crippen molar-refractivity contribution in [1.82, 2.24) is 0 Å². The van der Waals surface area contributed by atoms with Gasteiger partial charge in [0, 0.05) is 16.9 Å². The van der Waals surface area contributed by atoms with Gasteiger partial charge in [-0.05, 0) is 68.9 Å². The summed E-state index contributed by atoms with van der Waals surface area (Å²) >= 11 is 0. The molecule has 0 aromatic heterocycles. The Labute approximate surface area is 206 Å². The van der Waals surface area contributed by atoms with Crippen LogP contribution in [-0.4, -0.2) is 0 Å². The monoisotopic (exact) mass is 447 g/mol. The molecule has 0 saturated carbocycles. The van der Waals surface area contributed by atoms with Crippen LogP contribution in [0.3, 0.4) is 0 Å². The molecule has 1 N–H and O–H groups in total. The average molecular weight is 448 g/mol. The predicted molar refractivity (Wildman–Crippen MR) is 150 cm³/mol. The Bertz CT molecular complexity index is 1580. The fourth-order valence-electron chi connectivity index (χ4n) is 4.70. The molecule has 0 spiro atoms. The molecule has 0 bridgehead atoms. The number of rotatable bonds is 5. The lowest BCUT2D eigenvalue weighted by Gasteiger charge is -2.14. The normalized spacial score (nSPS) is 10.9. The van der Waals surface area contributed by atoms with Crippen LogP contribution in [-0.2, 0) is 0 Å². The summed E-state index contributed by atoms with van der Waals surface area (Å²) in [7, 11) is 0. The van der Waals surface area contributed by atoms with Crippen molar-refractivity contribution in [2.75, 3.05) is 5.32 Å². The maximum absolute atomic E-state index is 3.62. The molecule has 1 heteroatoms. The van der Waals surface area contributed by atoms with Gasteiger partial charge in [0.05, 0.1) is 0 Å². The number of anilines is 2. The zero-order valence-corrected chi connectivity index (χ0v) is 19.4. The van der Waals surface area contributed by atoms with Crippen LogP contribution in [0.4, 0.5) is 11.4 Å². The largest absolute Gasteiger partial charge is 0.355 e. The van der Waals surface area contributed by atoms with E-state index >= 15 is 0 Å². The quantitative estimate of drug-likeness (QED) is 0.277. The number of hydrogen-bond acceptors (Lipinski definition) is 1. The number of para-hydroxylation sites is 1. The number of fused-ring (bicyclic) bond motifs is 1. The van der Waals surface area contributed by atoms with Gasteiger partial charge in [-0.3, -0.25) is 0 Å². The minimum Gasteiger partial charge on any atom is -0.355 e. The highest BCUT2D eigenvalue weighted by atomic mass is 14.9. The van der Waals surface area contributed by atoms with E-state index in [1.54, 1.807) is 0 Å². The van der Waals surface area contributed by atoms with Gasteiger partial charge >= 0.3 is 0 Å². The maximum atomic E-state index is 3.62.